The van der Waals surface area contributed by atoms with Crippen LogP contribution in [0.2, 0.25) is 5.02 Å². The van der Waals surface area contributed by atoms with Crippen LogP contribution >= 0.6 is 11.6 Å². The quantitative estimate of drug-likeness (QED) is 0.576. The van der Waals surface area contributed by atoms with E-state index in [1.54, 1.807) is 4.90 Å². The molecule has 0 bridgehead atoms. The topological polar surface area (TPSA) is 83.5 Å². The zero-order valence-electron chi connectivity index (χ0n) is 21.7. The van der Waals surface area contributed by atoms with Crippen molar-refractivity contribution in [3.05, 3.63) is 64.6 Å². The van der Waals surface area contributed by atoms with Gasteiger partial charge in [-0.05, 0) is 75.5 Å². The Hall–Kier alpha value is -2.75. The van der Waals surface area contributed by atoms with Crippen molar-refractivity contribution in [3.63, 3.8) is 0 Å². The molecule has 37 heavy (non-hydrogen) atoms. The summed E-state index contributed by atoms with van der Waals surface area (Å²) in [6.07, 6.45) is 7.80. The van der Waals surface area contributed by atoms with E-state index < -0.39 is 11.4 Å². The van der Waals surface area contributed by atoms with Crippen LogP contribution < -0.4 is 5.73 Å². The highest BCUT2D eigenvalue weighted by molar-refractivity contribution is 6.30. The fourth-order valence-corrected chi connectivity index (χ4v) is 5.96. The molecular formula is C27H35ClFN7O. The van der Waals surface area contributed by atoms with E-state index in [1.165, 1.54) is 6.08 Å². The van der Waals surface area contributed by atoms with Gasteiger partial charge >= 0.3 is 0 Å². The monoisotopic (exact) mass is 527 g/mol. The van der Waals surface area contributed by atoms with Crippen LogP contribution in [0.5, 0.6) is 0 Å². The molecule has 1 unspecified atom stereocenters. The number of aromatic nitrogens is 3. The van der Waals surface area contributed by atoms with Crippen molar-refractivity contribution in [2.75, 3.05) is 27.2 Å². The second-order valence-electron chi connectivity index (χ2n) is 10.6. The molecule has 8 nitrogen and oxygen atoms in total. The van der Waals surface area contributed by atoms with Gasteiger partial charge in [-0.25, -0.2) is 4.39 Å². The number of allylic oxidation sites excluding steroid dienone is 2. The molecule has 3 heterocycles. The number of nitrogens with zero attached hydrogens (tertiary/aromatic N) is 6. The van der Waals surface area contributed by atoms with Crippen molar-refractivity contribution in [1.82, 2.24) is 29.5 Å². The summed E-state index contributed by atoms with van der Waals surface area (Å²) in [5.74, 6) is 1.78. The van der Waals surface area contributed by atoms with Gasteiger partial charge in [0.05, 0.1) is 12.2 Å². The Morgan fingerprint density at radius 2 is 1.97 bits per heavy atom. The molecule has 5 rings (SSSR count). The predicted octanol–water partition coefficient (Wildman–Crippen LogP) is 3.75. The largest absolute Gasteiger partial charge is 0.402 e. The van der Waals surface area contributed by atoms with E-state index in [9.17, 15) is 9.18 Å². The first-order valence-corrected chi connectivity index (χ1v) is 13.3. The molecule has 2 N–H and O–H groups in total. The minimum absolute atomic E-state index is 0.113. The average Bonchev–Trinajstić information content (AvgIpc) is 3.63. The van der Waals surface area contributed by atoms with Crippen LogP contribution in [0.1, 0.15) is 55.7 Å². The molecule has 2 fully saturated rings. The lowest BCUT2D eigenvalue weighted by molar-refractivity contribution is -0.136. The van der Waals surface area contributed by atoms with Gasteiger partial charge in [-0.2, -0.15) is 0 Å². The fraction of sp³-hybridized carbons (Fsp3) is 0.519. The molecule has 1 saturated heterocycles. The number of rotatable bonds is 6. The summed E-state index contributed by atoms with van der Waals surface area (Å²) >= 11 is 6.43. The molecule has 1 atom stereocenters. The molecular weight excluding hydrogens is 493 g/mol. The van der Waals surface area contributed by atoms with Gasteiger partial charge in [-0.3, -0.25) is 19.2 Å². The van der Waals surface area contributed by atoms with Crippen LogP contribution in [-0.4, -0.2) is 74.1 Å². The van der Waals surface area contributed by atoms with Crippen molar-refractivity contribution in [1.29, 1.82) is 0 Å². The average molecular weight is 528 g/mol. The Balaban J connectivity index is 1.41. The number of amides is 1. The molecule has 10 heteroatoms. The summed E-state index contributed by atoms with van der Waals surface area (Å²) in [6, 6.07) is 6.08. The summed E-state index contributed by atoms with van der Waals surface area (Å²) in [7, 11) is 3.64. The maximum absolute atomic E-state index is 13.4. The summed E-state index contributed by atoms with van der Waals surface area (Å²) in [5, 5.41) is 10.0. The lowest BCUT2D eigenvalue weighted by atomic mass is 9.94. The van der Waals surface area contributed by atoms with E-state index in [0.717, 1.165) is 67.9 Å². The van der Waals surface area contributed by atoms with Gasteiger partial charge in [0, 0.05) is 43.8 Å². The molecule has 198 valence electrons. The van der Waals surface area contributed by atoms with Gasteiger partial charge in [-0.15, -0.1) is 10.2 Å². The SMILES string of the molecule is CC(/C=C\C(F)=C/N)N1CCC(c2nnc3n2-c2ccc(Cl)cc2CN(C2(C(=O)N(C)C)CC2)C3)CC1. The van der Waals surface area contributed by atoms with Crippen molar-refractivity contribution < 1.29 is 9.18 Å². The van der Waals surface area contributed by atoms with Gasteiger partial charge < -0.3 is 10.6 Å². The number of halogens is 2. The van der Waals surface area contributed by atoms with Crippen LogP contribution in [0.15, 0.2) is 42.4 Å². The molecule has 1 saturated carbocycles. The molecule has 2 aliphatic heterocycles. The zero-order valence-corrected chi connectivity index (χ0v) is 22.5. The van der Waals surface area contributed by atoms with Crippen molar-refractivity contribution in [2.45, 2.75) is 63.2 Å². The predicted molar refractivity (Wildman–Crippen MR) is 142 cm³/mol. The second kappa shape index (κ2) is 10.2. The lowest BCUT2D eigenvalue weighted by Gasteiger charge is -2.34. The number of hydrogen-bond donors (Lipinski definition) is 1. The van der Waals surface area contributed by atoms with E-state index in [1.807, 2.05) is 38.4 Å². The van der Waals surface area contributed by atoms with Gasteiger partial charge in [0.15, 0.2) is 5.82 Å². The number of carbonyl (C=O) groups excluding carboxylic acids is 1. The summed E-state index contributed by atoms with van der Waals surface area (Å²) in [4.78, 5) is 19.4. The Bertz CT molecular complexity index is 1230. The van der Waals surface area contributed by atoms with Crippen molar-refractivity contribution >= 4 is 17.5 Å². The number of piperidine rings is 1. The maximum atomic E-state index is 13.4. The molecule has 1 aromatic heterocycles. The van der Waals surface area contributed by atoms with Crippen LogP contribution in [0.25, 0.3) is 5.69 Å². The Morgan fingerprint density at radius 1 is 1.24 bits per heavy atom. The lowest BCUT2D eigenvalue weighted by Crippen LogP contribution is -2.48. The highest BCUT2D eigenvalue weighted by Gasteiger charge is 2.56. The van der Waals surface area contributed by atoms with E-state index in [4.69, 9.17) is 22.4 Å². The van der Waals surface area contributed by atoms with Crippen LogP contribution in [0.3, 0.4) is 0 Å². The van der Waals surface area contributed by atoms with Gasteiger partial charge in [-0.1, -0.05) is 17.7 Å². The maximum Gasteiger partial charge on any atom is 0.242 e. The smallest absolute Gasteiger partial charge is 0.242 e. The van der Waals surface area contributed by atoms with Crippen LogP contribution in [-0.2, 0) is 17.9 Å². The second-order valence-corrected chi connectivity index (χ2v) is 11.1. The standard InChI is InChI=1S/C27H35ClFN7O/c1-18(4-6-22(29)15-30)34-12-8-19(9-13-34)25-32-31-24-17-35(27(10-11-27)26(37)33(2)3)16-20-14-21(28)5-7-23(20)36(24)25/h4-7,14-15,18-19H,8-13,16-17,30H2,1-3H3/b6-4-,22-15+. The Kier molecular flexibility index (Phi) is 7.13. The highest BCUT2D eigenvalue weighted by Crippen LogP contribution is 2.46. The van der Waals surface area contributed by atoms with Gasteiger partial charge in [0.1, 0.15) is 17.2 Å². The van der Waals surface area contributed by atoms with Crippen LogP contribution in [0.4, 0.5) is 4.39 Å². The fourth-order valence-electron chi connectivity index (χ4n) is 5.77. The number of hydrogen-bond acceptors (Lipinski definition) is 6. The number of carbonyl (C=O) groups is 1. The first kappa shape index (κ1) is 25.9. The minimum atomic E-state index is -0.488. The summed E-state index contributed by atoms with van der Waals surface area (Å²) in [6.45, 7) is 5.02. The van der Waals surface area contributed by atoms with E-state index in [2.05, 4.69) is 26.4 Å². The third kappa shape index (κ3) is 4.92. The van der Waals surface area contributed by atoms with E-state index >= 15 is 0 Å². The van der Waals surface area contributed by atoms with E-state index in [-0.39, 0.29) is 17.9 Å². The third-order valence-corrected chi connectivity index (χ3v) is 8.26. The van der Waals surface area contributed by atoms with Crippen molar-refractivity contribution in [3.8, 4) is 5.69 Å². The molecule has 1 aromatic carbocycles. The number of benzene rings is 1. The van der Waals surface area contributed by atoms with Gasteiger partial charge in [0.2, 0.25) is 5.91 Å². The van der Waals surface area contributed by atoms with Crippen molar-refractivity contribution in [2.24, 2.45) is 5.73 Å². The normalized spacial score (nSPS) is 21.4. The van der Waals surface area contributed by atoms with Crippen LogP contribution in [0, 0.1) is 0 Å². The molecule has 1 aliphatic carbocycles. The molecule has 2 aromatic rings. The number of fused-ring (bicyclic) bond motifs is 3. The zero-order chi connectivity index (χ0) is 26.3. The van der Waals surface area contributed by atoms with Gasteiger partial charge in [0.25, 0.3) is 0 Å². The first-order valence-electron chi connectivity index (χ1n) is 12.9. The number of likely N-dealkylation sites (tertiary alicyclic amines) is 1. The molecule has 0 radical (unpaired) electrons. The summed E-state index contributed by atoms with van der Waals surface area (Å²) in [5.41, 5.74) is 6.87. The molecule has 3 aliphatic rings. The molecule has 0 spiro atoms. The third-order valence-electron chi connectivity index (χ3n) is 8.03. The number of nitrogens with two attached hydrogens (primary N) is 1. The first-order chi connectivity index (χ1) is 17.7. The van der Waals surface area contributed by atoms with E-state index in [0.29, 0.717) is 18.1 Å². The summed E-state index contributed by atoms with van der Waals surface area (Å²) < 4.78 is 15.6. The Morgan fingerprint density at radius 3 is 2.62 bits per heavy atom. The Labute approximate surface area is 222 Å². The molecule has 1 amide bonds. The minimum Gasteiger partial charge on any atom is -0.402 e. The highest BCUT2D eigenvalue weighted by atomic mass is 35.5. The number of likely N-dealkylation sites (N-methyl/N-ethyl adjacent to an activating group) is 1.